The third kappa shape index (κ3) is 1.58. The summed E-state index contributed by atoms with van der Waals surface area (Å²) in [5.41, 5.74) is 6.51. The molecule has 82 valence electrons. The lowest BCUT2D eigenvalue weighted by Gasteiger charge is -2.04. The first-order valence-electron chi connectivity index (χ1n) is 5.01. The summed E-state index contributed by atoms with van der Waals surface area (Å²) >= 11 is 0. The van der Waals surface area contributed by atoms with E-state index in [4.69, 9.17) is 5.73 Å². The lowest BCUT2D eigenvalue weighted by molar-refractivity contribution is -0.119. The number of hydrogen-bond acceptors (Lipinski definition) is 2. The van der Waals surface area contributed by atoms with Gasteiger partial charge in [-0.1, -0.05) is 18.2 Å². The molecule has 16 heavy (non-hydrogen) atoms. The van der Waals surface area contributed by atoms with Crippen molar-refractivity contribution in [1.82, 2.24) is 4.98 Å². The summed E-state index contributed by atoms with van der Waals surface area (Å²) in [7, 11) is 0. The van der Waals surface area contributed by atoms with Gasteiger partial charge in [-0.3, -0.25) is 9.59 Å². The Morgan fingerprint density at radius 1 is 1.31 bits per heavy atom. The molecule has 0 radical (unpaired) electrons. The van der Waals surface area contributed by atoms with Crippen LogP contribution in [-0.4, -0.2) is 16.7 Å². The van der Waals surface area contributed by atoms with Crippen molar-refractivity contribution in [3.63, 3.8) is 0 Å². The largest absolute Gasteiger partial charge is 0.369 e. The maximum atomic E-state index is 11.9. The number of nitrogens with two attached hydrogens (primary N) is 1. The van der Waals surface area contributed by atoms with E-state index in [0.717, 1.165) is 10.9 Å². The first-order valence-corrected chi connectivity index (χ1v) is 5.01. The molecule has 0 saturated carbocycles. The number of carbonyl (C=O) groups is 2. The Bertz CT molecular complexity index is 557. The molecule has 0 aliphatic heterocycles. The number of fused-ring (bicyclic) bond motifs is 1. The zero-order chi connectivity index (χ0) is 11.7. The third-order valence-corrected chi connectivity index (χ3v) is 2.67. The summed E-state index contributed by atoms with van der Waals surface area (Å²) in [6, 6.07) is 7.44. The van der Waals surface area contributed by atoms with Gasteiger partial charge in [-0.05, 0) is 13.0 Å². The summed E-state index contributed by atoms with van der Waals surface area (Å²) in [6.45, 7) is 1.52. The van der Waals surface area contributed by atoms with Crippen molar-refractivity contribution in [2.45, 2.75) is 6.92 Å². The Morgan fingerprint density at radius 3 is 2.69 bits per heavy atom. The highest BCUT2D eigenvalue weighted by molar-refractivity contribution is 6.15. The van der Waals surface area contributed by atoms with Gasteiger partial charge in [-0.15, -0.1) is 0 Å². The van der Waals surface area contributed by atoms with E-state index in [0.29, 0.717) is 5.56 Å². The van der Waals surface area contributed by atoms with E-state index in [-0.39, 0.29) is 5.78 Å². The predicted octanol–water partition coefficient (Wildman–Crippen LogP) is 1.47. The average Bonchev–Trinajstić information content (AvgIpc) is 2.70. The van der Waals surface area contributed by atoms with E-state index in [1.807, 2.05) is 24.3 Å². The van der Waals surface area contributed by atoms with Gasteiger partial charge in [-0.25, -0.2) is 0 Å². The average molecular weight is 216 g/mol. The number of carbonyl (C=O) groups excluding carboxylic acids is 2. The monoisotopic (exact) mass is 216 g/mol. The molecule has 4 heteroatoms. The number of aromatic amines is 1. The minimum absolute atomic E-state index is 0.245. The van der Waals surface area contributed by atoms with Crippen molar-refractivity contribution in [2.75, 3.05) is 0 Å². The molecule has 0 bridgehead atoms. The Labute approximate surface area is 92.4 Å². The third-order valence-electron chi connectivity index (χ3n) is 2.67. The van der Waals surface area contributed by atoms with Crippen LogP contribution in [0.3, 0.4) is 0 Å². The van der Waals surface area contributed by atoms with Gasteiger partial charge < -0.3 is 10.7 Å². The van der Waals surface area contributed by atoms with Crippen molar-refractivity contribution < 1.29 is 9.59 Å². The number of Topliss-reactive ketones (excluding diaryl/α,β-unsaturated/α-hetero) is 1. The fourth-order valence-electron chi connectivity index (χ4n) is 1.64. The second-order valence-electron chi connectivity index (χ2n) is 3.74. The van der Waals surface area contributed by atoms with Gasteiger partial charge >= 0.3 is 0 Å². The number of amides is 1. The summed E-state index contributed by atoms with van der Waals surface area (Å²) in [5.74, 6) is -1.64. The molecule has 1 unspecified atom stereocenters. The number of para-hydroxylation sites is 1. The first-order chi connectivity index (χ1) is 7.61. The zero-order valence-electron chi connectivity index (χ0n) is 8.86. The smallest absolute Gasteiger partial charge is 0.228 e. The predicted molar refractivity (Wildman–Crippen MR) is 61.0 cm³/mol. The Morgan fingerprint density at radius 2 is 2.00 bits per heavy atom. The summed E-state index contributed by atoms with van der Waals surface area (Å²) in [4.78, 5) is 25.9. The molecule has 1 aromatic carbocycles. The van der Waals surface area contributed by atoms with Crippen molar-refractivity contribution >= 4 is 22.6 Å². The second kappa shape index (κ2) is 3.81. The fourth-order valence-corrected chi connectivity index (χ4v) is 1.64. The number of nitrogens with one attached hydrogen (secondary N) is 1. The van der Waals surface area contributed by atoms with E-state index in [1.54, 1.807) is 6.20 Å². The molecule has 3 N–H and O–H groups in total. The van der Waals surface area contributed by atoms with Gasteiger partial charge in [0, 0.05) is 22.7 Å². The standard InChI is InChI=1S/C12H12N2O2/c1-7(12(13)16)11(15)9-6-14-10-5-3-2-4-8(9)10/h2-7,14H,1H3,(H2,13,16). The molecule has 4 nitrogen and oxygen atoms in total. The Hall–Kier alpha value is -2.10. The van der Waals surface area contributed by atoms with E-state index in [2.05, 4.69) is 4.98 Å². The summed E-state index contributed by atoms with van der Waals surface area (Å²) < 4.78 is 0. The SMILES string of the molecule is CC(C(N)=O)C(=O)c1c[nH]c2ccccc12. The van der Waals surface area contributed by atoms with Crippen LogP contribution in [0.1, 0.15) is 17.3 Å². The molecule has 0 aliphatic rings. The van der Waals surface area contributed by atoms with Gasteiger partial charge in [0.2, 0.25) is 5.91 Å². The van der Waals surface area contributed by atoms with Crippen LogP contribution in [0.15, 0.2) is 30.5 Å². The molecule has 1 atom stereocenters. The molecule has 1 amide bonds. The topological polar surface area (TPSA) is 76.0 Å². The van der Waals surface area contributed by atoms with E-state index >= 15 is 0 Å². The number of H-pyrrole nitrogens is 1. The number of benzene rings is 1. The van der Waals surface area contributed by atoms with Crippen molar-refractivity contribution in [3.8, 4) is 0 Å². The van der Waals surface area contributed by atoms with Crippen LogP contribution in [0.2, 0.25) is 0 Å². The van der Waals surface area contributed by atoms with Crippen molar-refractivity contribution in [2.24, 2.45) is 11.7 Å². The van der Waals surface area contributed by atoms with Crippen LogP contribution in [0.25, 0.3) is 10.9 Å². The lowest BCUT2D eigenvalue weighted by Crippen LogP contribution is -2.27. The van der Waals surface area contributed by atoms with Crippen LogP contribution in [-0.2, 0) is 4.79 Å². The van der Waals surface area contributed by atoms with Crippen LogP contribution < -0.4 is 5.73 Å². The van der Waals surface area contributed by atoms with E-state index < -0.39 is 11.8 Å². The normalized spacial score (nSPS) is 12.6. The highest BCUT2D eigenvalue weighted by Crippen LogP contribution is 2.20. The maximum absolute atomic E-state index is 11.9. The molecule has 0 fully saturated rings. The fraction of sp³-hybridized carbons (Fsp3) is 0.167. The highest BCUT2D eigenvalue weighted by Gasteiger charge is 2.22. The molecule has 0 saturated heterocycles. The minimum Gasteiger partial charge on any atom is -0.369 e. The van der Waals surface area contributed by atoms with Crippen molar-refractivity contribution in [3.05, 3.63) is 36.0 Å². The molecule has 2 rings (SSSR count). The zero-order valence-corrected chi connectivity index (χ0v) is 8.86. The maximum Gasteiger partial charge on any atom is 0.228 e. The molecule has 0 spiro atoms. The summed E-state index contributed by atoms with van der Waals surface area (Å²) in [5, 5.41) is 0.820. The number of primary amides is 1. The van der Waals surface area contributed by atoms with Gasteiger partial charge in [0.1, 0.15) is 0 Å². The van der Waals surface area contributed by atoms with E-state index in [1.165, 1.54) is 6.92 Å². The molecule has 1 aromatic heterocycles. The van der Waals surface area contributed by atoms with Gasteiger partial charge in [0.25, 0.3) is 0 Å². The molecule has 1 heterocycles. The van der Waals surface area contributed by atoms with Gasteiger partial charge in [0.05, 0.1) is 5.92 Å². The number of rotatable bonds is 3. The molecular formula is C12H12N2O2. The molecule has 2 aromatic rings. The van der Waals surface area contributed by atoms with Gasteiger partial charge in [-0.2, -0.15) is 0 Å². The van der Waals surface area contributed by atoms with E-state index in [9.17, 15) is 9.59 Å². The minimum atomic E-state index is -0.792. The number of aromatic nitrogens is 1. The molecular weight excluding hydrogens is 204 g/mol. The van der Waals surface area contributed by atoms with Gasteiger partial charge in [0.15, 0.2) is 5.78 Å². The number of hydrogen-bond donors (Lipinski definition) is 2. The Balaban J connectivity index is 2.48. The van der Waals surface area contributed by atoms with Crippen molar-refractivity contribution in [1.29, 1.82) is 0 Å². The second-order valence-corrected chi connectivity index (χ2v) is 3.74. The lowest BCUT2D eigenvalue weighted by atomic mass is 9.98. The van der Waals surface area contributed by atoms with Crippen LogP contribution >= 0.6 is 0 Å². The quantitative estimate of drug-likeness (QED) is 0.602. The number of ketones is 1. The molecule has 0 aliphatic carbocycles. The van der Waals surface area contributed by atoms with Crippen LogP contribution in [0.4, 0.5) is 0 Å². The first kappa shape index (κ1) is 10.4. The summed E-state index contributed by atoms with van der Waals surface area (Å²) in [6.07, 6.45) is 1.62. The Kier molecular flexibility index (Phi) is 2.48. The van der Waals surface area contributed by atoms with Crippen LogP contribution in [0, 0.1) is 5.92 Å². The van der Waals surface area contributed by atoms with Crippen LogP contribution in [0.5, 0.6) is 0 Å². The highest BCUT2D eigenvalue weighted by atomic mass is 16.2.